The molecule has 0 aromatic heterocycles. The number of hydrogen-bond acceptors (Lipinski definition) is 4. The molecule has 2 aromatic rings. The van der Waals surface area contributed by atoms with Crippen LogP contribution in [0.5, 0.6) is 5.75 Å². The second-order valence-corrected chi connectivity index (χ2v) is 7.80. The second-order valence-electron chi connectivity index (χ2n) is 4.39. The van der Waals surface area contributed by atoms with Gasteiger partial charge in [-0.05, 0) is 93.5 Å². The summed E-state index contributed by atoms with van der Waals surface area (Å²) in [6.45, 7) is 0. The van der Waals surface area contributed by atoms with Gasteiger partial charge in [-0.1, -0.05) is 0 Å². The summed E-state index contributed by atoms with van der Waals surface area (Å²) in [5.74, 6) is -0.276. The summed E-state index contributed by atoms with van der Waals surface area (Å²) < 4.78 is 2.27. The minimum absolute atomic E-state index is 0.0998. The minimum Gasteiger partial charge on any atom is -0.506 e. The maximum Gasteiger partial charge on any atom is 0.271 e. The van der Waals surface area contributed by atoms with Gasteiger partial charge in [-0.2, -0.15) is 5.10 Å². The molecule has 0 spiro atoms. The summed E-state index contributed by atoms with van der Waals surface area (Å²) in [5.41, 5.74) is 9.83. The number of carbonyl (C=O) groups excluding carboxylic acids is 1. The van der Waals surface area contributed by atoms with E-state index in [0.29, 0.717) is 34.7 Å². The molecule has 120 valence electrons. The van der Waals surface area contributed by atoms with Crippen molar-refractivity contribution in [1.29, 1.82) is 0 Å². The Morgan fingerprint density at radius 1 is 1.04 bits per heavy atom. The average Bonchev–Trinajstić information content (AvgIpc) is 2.49. The molecule has 0 aliphatic carbocycles. The zero-order valence-electron chi connectivity index (χ0n) is 11.3. The lowest BCUT2D eigenvalue weighted by Gasteiger charge is -2.06. The van der Waals surface area contributed by atoms with E-state index in [1.165, 1.54) is 6.21 Å². The van der Waals surface area contributed by atoms with Crippen LogP contribution in [0.1, 0.15) is 15.9 Å². The highest BCUT2D eigenvalue weighted by molar-refractivity contribution is 9.11. The third-order valence-corrected chi connectivity index (χ3v) is 5.28. The molecule has 2 rings (SSSR count). The molecule has 9 heteroatoms. The Hall–Kier alpha value is -0.900. The molecule has 2 aromatic carbocycles. The second kappa shape index (κ2) is 7.78. The van der Waals surface area contributed by atoms with Crippen molar-refractivity contribution in [2.75, 3.05) is 5.73 Å². The fourth-order valence-electron chi connectivity index (χ4n) is 1.61. The monoisotopic (exact) mass is 567 g/mol. The highest BCUT2D eigenvalue weighted by atomic mass is 79.9. The van der Waals surface area contributed by atoms with Crippen LogP contribution in [-0.4, -0.2) is 17.2 Å². The number of hydrazone groups is 1. The van der Waals surface area contributed by atoms with Crippen molar-refractivity contribution in [3.8, 4) is 5.75 Å². The quantitative estimate of drug-likeness (QED) is 0.282. The molecule has 0 aliphatic rings. The van der Waals surface area contributed by atoms with Gasteiger partial charge in [0.2, 0.25) is 0 Å². The Bertz CT molecular complexity index is 763. The van der Waals surface area contributed by atoms with Crippen molar-refractivity contribution in [3.63, 3.8) is 0 Å². The number of nitrogens with two attached hydrogens (primary N) is 1. The molecule has 0 bridgehead atoms. The highest BCUT2D eigenvalue weighted by Gasteiger charge is 2.10. The SMILES string of the molecule is Nc1c(Br)cc(C(=O)NN=Cc2cc(Br)c(O)c(Br)c2)cc1Br. The van der Waals surface area contributed by atoms with Crippen LogP contribution in [0, 0.1) is 0 Å². The molecular formula is C14H9Br4N3O2. The number of benzene rings is 2. The van der Waals surface area contributed by atoms with Gasteiger partial charge in [-0.25, -0.2) is 5.43 Å². The number of halogens is 4. The first kappa shape index (κ1) is 18.4. The van der Waals surface area contributed by atoms with E-state index in [1.54, 1.807) is 24.3 Å². The number of carbonyl (C=O) groups is 1. The fraction of sp³-hybridized carbons (Fsp3) is 0. The molecule has 23 heavy (non-hydrogen) atoms. The Kier molecular flexibility index (Phi) is 6.24. The number of amides is 1. The molecule has 0 heterocycles. The number of nitrogen functional groups attached to an aromatic ring is 1. The van der Waals surface area contributed by atoms with Crippen molar-refractivity contribution < 1.29 is 9.90 Å². The number of rotatable bonds is 3. The van der Waals surface area contributed by atoms with Gasteiger partial charge in [-0.15, -0.1) is 0 Å². The largest absolute Gasteiger partial charge is 0.506 e. The molecule has 0 atom stereocenters. The molecule has 0 aliphatic heterocycles. The van der Waals surface area contributed by atoms with E-state index in [-0.39, 0.29) is 11.7 Å². The maximum atomic E-state index is 12.1. The van der Waals surface area contributed by atoms with E-state index in [0.717, 1.165) is 0 Å². The van der Waals surface area contributed by atoms with Gasteiger partial charge >= 0.3 is 0 Å². The lowest BCUT2D eigenvalue weighted by molar-refractivity contribution is 0.0955. The first-order valence-electron chi connectivity index (χ1n) is 6.05. The van der Waals surface area contributed by atoms with E-state index in [2.05, 4.69) is 74.2 Å². The van der Waals surface area contributed by atoms with E-state index < -0.39 is 0 Å². The fourth-order valence-corrected chi connectivity index (χ4v) is 4.01. The molecule has 5 nitrogen and oxygen atoms in total. The number of phenolic OH excluding ortho intramolecular Hbond substituents is 1. The highest BCUT2D eigenvalue weighted by Crippen LogP contribution is 2.33. The van der Waals surface area contributed by atoms with Crippen molar-refractivity contribution in [3.05, 3.63) is 53.3 Å². The molecular weight excluding hydrogens is 562 g/mol. The molecule has 0 saturated heterocycles. The first-order chi connectivity index (χ1) is 10.8. The third-order valence-electron chi connectivity index (χ3n) is 2.76. The van der Waals surface area contributed by atoms with E-state index >= 15 is 0 Å². The van der Waals surface area contributed by atoms with Gasteiger partial charge in [0, 0.05) is 14.5 Å². The van der Waals surface area contributed by atoms with Gasteiger partial charge in [0.05, 0.1) is 20.8 Å². The molecule has 1 amide bonds. The van der Waals surface area contributed by atoms with Gasteiger partial charge in [0.1, 0.15) is 5.75 Å². The lowest BCUT2D eigenvalue weighted by Crippen LogP contribution is -2.17. The smallest absolute Gasteiger partial charge is 0.271 e. The van der Waals surface area contributed by atoms with Gasteiger partial charge in [-0.3, -0.25) is 4.79 Å². The van der Waals surface area contributed by atoms with Crippen LogP contribution < -0.4 is 11.2 Å². The van der Waals surface area contributed by atoms with Crippen LogP contribution >= 0.6 is 63.7 Å². The van der Waals surface area contributed by atoms with Crippen LogP contribution in [0.15, 0.2) is 47.3 Å². The molecule has 0 unspecified atom stereocenters. The summed E-state index contributed by atoms with van der Waals surface area (Å²) in [4.78, 5) is 12.1. The predicted octanol–water partition coefficient (Wildman–Crippen LogP) is 4.79. The van der Waals surface area contributed by atoms with Crippen molar-refractivity contribution in [1.82, 2.24) is 5.43 Å². The topological polar surface area (TPSA) is 87.7 Å². The first-order valence-corrected chi connectivity index (χ1v) is 9.22. The normalized spacial score (nSPS) is 11.0. The molecule has 0 radical (unpaired) electrons. The Labute approximate surface area is 165 Å². The van der Waals surface area contributed by atoms with Crippen LogP contribution in [0.4, 0.5) is 5.69 Å². The van der Waals surface area contributed by atoms with Crippen molar-refractivity contribution in [2.24, 2.45) is 5.10 Å². The van der Waals surface area contributed by atoms with E-state index in [9.17, 15) is 9.90 Å². The van der Waals surface area contributed by atoms with Gasteiger partial charge < -0.3 is 10.8 Å². The van der Waals surface area contributed by atoms with Crippen LogP contribution in [0.2, 0.25) is 0 Å². The van der Waals surface area contributed by atoms with E-state index in [1.807, 2.05) is 0 Å². The Balaban J connectivity index is 2.13. The summed E-state index contributed by atoms with van der Waals surface area (Å²) >= 11 is 13.0. The predicted molar refractivity (Wildman–Crippen MR) is 105 cm³/mol. The third kappa shape index (κ3) is 4.56. The minimum atomic E-state index is -0.375. The van der Waals surface area contributed by atoms with Crippen molar-refractivity contribution >= 4 is 81.5 Å². The number of anilines is 1. The van der Waals surface area contributed by atoms with Gasteiger partial charge in [0.15, 0.2) is 0 Å². The molecule has 4 N–H and O–H groups in total. The van der Waals surface area contributed by atoms with Gasteiger partial charge in [0.25, 0.3) is 5.91 Å². The zero-order chi connectivity index (χ0) is 17.1. The average molecular weight is 571 g/mol. The van der Waals surface area contributed by atoms with Crippen LogP contribution in [0.3, 0.4) is 0 Å². The number of nitrogens with zero attached hydrogens (tertiary/aromatic N) is 1. The van der Waals surface area contributed by atoms with E-state index in [4.69, 9.17) is 5.73 Å². The molecule has 0 fully saturated rings. The number of aromatic hydroxyl groups is 1. The molecule has 0 saturated carbocycles. The zero-order valence-corrected chi connectivity index (χ0v) is 17.6. The Morgan fingerprint density at radius 3 is 2.09 bits per heavy atom. The standard InChI is InChI=1S/C14H9Br4N3O2/c15-8-3-7(4-9(16)12(8)19)14(23)21-20-5-6-1-10(17)13(22)11(18)2-6/h1-5,22H,19H2,(H,21,23). The van der Waals surface area contributed by atoms with Crippen LogP contribution in [-0.2, 0) is 0 Å². The summed E-state index contributed by atoms with van der Waals surface area (Å²) in [7, 11) is 0. The number of phenols is 1. The van der Waals surface area contributed by atoms with Crippen molar-refractivity contribution in [2.45, 2.75) is 0 Å². The summed E-state index contributed by atoms with van der Waals surface area (Å²) in [6.07, 6.45) is 1.47. The Morgan fingerprint density at radius 2 is 1.57 bits per heavy atom. The number of hydrogen-bond donors (Lipinski definition) is 3. The lowest BCUT2D eigenvalue weighted by atomic mass is 10.2. The maximum absolute atomic E-state index is 12.1. The van der Waals surface area contributed by atoms with Crippen LogP contribution in [0.25, 0.3) is 0 Å². The number of nitrogens with one attached hydrogen (secondary N) is 1. The summed E-state index contributed by atoms with van der Waals surface area (Å²) in [5, 5.41) is 13.5. The summed E-state index contributed by atoms with van der Waals surface area (Å²) in [6, 6.07) is 6.57.